The highest BCUT2D eigenvalue weighted by Crippen LogP contribution is 2.29. The van der Waals surface area contributed by atoms with Crippen LogP contribution in [0.5, 0.6) is 5.75 Å². The van der Waals surface area contributed by atoms with Crippen molar-refractivity contribution in [1.82, 2.24) is 19.7 Å². The average Bonchev–Trinajstić information content (AvgIpc) is 3.30. The lowest BCUT2D eigenvalue weighted by Gasteiger charge is -2.18. The van der Waals surface area contributed by atoms with Gasteiger partial charge in [0.15, 0.2) is 0 Å². The Morgan fingerprint density at radius 3 is 2.94 bits per heavy atom. The molecule has 0 spiro atoms. The van der Waals surface area contributed by atoms with Crippen LogP contribution in [0, 0.1) is 0 Å². The maximum absolute atomic E-state index is 11.6. The molecule has 0 saturated carbocycles. The van der Waals surface area contributed by atoms with Crippen LogP contribution in [-0.2, 0) is 24.2 Å². The zero-order chi connectivity index (χ0) is 24.2. The van der Waals surface area contributed by atoms with Crippen LogP contribution in [0.4, 0.5) is 5.69 Å². The number of nitrogens with zero attached hydrogens (tertiary/aromatic N) is 4. The number of fused-ring (bicyclic) bond motifs is 2. The molecule has 4 heterocycles. The summed E-state index contributed by atoms with van der Waals surface area (Å²) in [6.45, 7) is 1.33. The van der Waals surface area contributed by atoms with Crippen molar-refractivity contribution in [2.24, 2.45) is 0 Å². The second-order valence-corrected chi connectivity index (χ2v) is 8.63. The van der Waals surface area contributed by atoms with Crippen LogP contribution in [0.15, 0.2) is 55.0 Å². The Balaban J connectivity index is 1.32. The van der Waals surface area contributed by atoms with E-state index in [4.69, 9.17) is 9.72 Å². The second kappa shape index (κ2) is 10.1. The van der Waals surface area contributed by atoms with E-state index in [1.54, 1.807) is 29.3 Å². The summed E-state index contributed by atoms with van der Waals surface area (Å²) in [6.07, 6.45) is 7.53. The number of aliphatic hydroxyl groups is 1. The molecule has 180 valence electrons. The summed E-state index contributed by atoms with van der Waals surface area (Å²) in [5.74, 6) is -0.227. The third-order valence-electron chi connectivity index (χ3n) is 6.18. The van der Waals surface area contributed by atoms with Gasteiger partial charge in [-0.1, -0.05) is 0 Å². The number of aliphatic carboxylic acids is 1. The lowest BCUT2D eigenvalue weighted by Crippen LogP contribution is -2.17. The van der Waals surface area contributed by atoms with Gasteiger partial charge in [-0.3, -0.25) is 19.4 Å². The lowest BCUT2D eigenvalue weighted by atomic mass is 10.0. The molecule has 0 bridgehead atoms. The van der Waals surface area contributed by atoms with Crippen molar-refractivity contribution in [2.75, 3.05) is 18.5 Å². The van der Waals surface area contributed by atoms with E-state index in [0.717, 1.165) is 53.1 Å². The summed E-state index contributed by atoms with van der Waals surface area (Å²) in [6, 6.07) is 11.0. The van der Waals surface area contributed by atoms with Gasteiger partial charge in [0.05, 0.1) is 48.8 Å². The number of carboxylic acid groups (broad SMARTS) is 1. The molecule has 9 nitrogen and oxygen atoms in total. The Hall–Kier alpha value is -3.98. The van der Waals surface area contributed by atoms with E-state index >= 15 is 0 Å². The molecular weight excluding hydrogens is 446 g/mol. The number of anilines is 1. The predicted molar refractivity (Wildman–Crippen MR) is 131 cm³/mol. The number of carboxylic acids is 1. The second-order valence-electron chi connectivity index (χ2n) is 8.63. The van der Waals surface area contributed by atoms with Crippen molar-refractivity contribution in [3.63, 3.8) is 0 Å². The van der Waals surface area contributed by atoms with Gasteiger partial charge in [0.2, 0.25) is 0 Å². The number of aliphatic hydroxyl groups excluding tert-OH is 1. The number of carbonyl (C=O) groups is 1. The molecule has 1 aliphatic rings. The molecule has 3 N–H and O–H groups in total. The van der Waals surface area contributed by atoms with E-state index in [0.29, 0.717) is 24.2 Å². The SMILES string of the molecule is O=C(O)C[C@H](c1cncc(CO)c1)n1ncc2cc(OCCc3ccc4c(n3)CCCN4)ccc21. The lowest BCUT2D eigenvalue weighted by molar-refractivity contribution is -0.137. The van der Waals surface area contributed by atoms with Crippen LogP contribution in [0.1, 0.15) is 41.4 Å². The molecule has 1 atom stereocenters. The van der Waals surface area contributed by atoms with Crippen molar-refractivity contribution >= 4 is 22.6 Å². The maximum Gasteiger partial charge on any atom is 0.305 e. The van der Waals surface area contributed by atoms with E-state index < -0.39 is 12.0 Å². The largest absolute Gasteiger partial charge is 0.493 e. The summed E-state index contributed by atoms with van der Waals surface area (Å²) >= 11 is 0. The summed E-state index contributed by atoms with van der Waals surface area (Å²) in [4.78, 5) is 20.5. The van der Waals surface area contributed by atoms with Crippen LogP contribution in [-0.4, -0.2) is 49.1 Å². The molecule has 35 heavy (non-hydrogen) atoms. The highest BCUT2D eigenvalue weighted by atomic mass is 16.5. The fourth-order valence-electron chi connectivity index (χ4n) is 4.45. The van der Waals surface area contributed by atoms with Gasteiger partial charge >= 0.3 is 5.97 Å². The molecule has 0 fully saturated rings. The zero-order valence-electron chi connectivity index (χ0n) is 19.2. The van der Waals surface area contributed by atoms with Gasteiger partial charge in [-0.25, -0.2) is 0 Å². The first-order chi connectivity index (χ1) is 17.1. The van der Waals surface area contributed by atoms with Crippen LogP contribution in [0.2, 0.25) is 0 Å². The van der Waals surface area contributed by atoms with E-state index in [1.807, 2.05) is 24.3 Å². The van der Waals surface area contributed by atoms with Crippen molar-refractivity contribution in [1.29, 1.82) is 0 Å². The first-order valence-electron chi connectivity index (χ1n) is 11.7. The third kappa shape index (κ3) is 5.09. The third-order valence-corrected chi connectivity index (χ3v) is 6.18. The highest BCUT2D eigenvalue weighted by Gasteiger charge is 2.21. The Labute approximate surface area is 202 Å². The molecule has 0 saturated heterocycles. The number of hydrogen-bond donors (Lipinski definition) is 3. The molecule has 0 unspecified atom stereocenters. The van der Waals surface area contributed by atoms with Crippen LogP contribution < -0.4 is 10.1 Å². The van der Waals surface area contributed by atoms with Gasteiger partial charge in [-0.15, -0.1) is 0 Å². The van der Waals surface area contributed by atoms with Gasteiger partial charge in [0.1, 0.15) is 5.75 Å². The quantitative estimate of drug-likeness (QED) is 0.338. The normalized spacial score (nSPS) is 13.7. The smallest absolute Gasteiger partial charge is 0.305 e. The summed E-state index contributed by atoms with van der Waals surface area (Å²) < 4.78 is 7.68. The standard InChI is InChI=1S/C26H27N5O4/c32-16-17-10-18(14-27-13-17)25(12-26(33)34)31-24-6-4-21(11-19(24)15-29-31)35-9-7-20-3-5-22-23(30-20)2-1-8-28-22/h3-6,10-11,13-15,25,28,32H,1-2,7-9,12,16H2,(H,33,34)/t25-/m1/s1. The molecule has 0 radical (unpaired) electrons. The summed E-state index contributed by atoms with van der Waals surface area (Å²) in [7, 11) is 0. The first-order valence-corrected chi connectivity index (χ1v) is 11.7. The Morgan fingerprint density at radius 1 is 1.17 bits per heavy atom. The number of pyridine rings is 2. The maximum atomic E-state index is 11.6. The van der Waals surface area contributed by atoms with Gasteiger partial charge in [-0.2, -0.15) is 5.10 Å². The van der Waals surface area contributed by atoms with Crippen molar-refractivity contribution in [3.8, 4) is 5.75 Å². The van der Waals surface area contributed by atoms with Gasteiger partial charge in [-0.05, 0) is 60.4 Å². The van der Waals surface area contributed by atoms with Crippen molar-refractivity contribution in [2.45, 2.75) is 38.3 Å². The van der Waals surface area contributed by atoms with Gasteiger partial charge < -0.3 is 20.3 Å². The predicted octanol–water partition coefficient (Wildman–Crippen LogP) is 3.36. The Kier molecular flexibility index (Phi) is 6.58. The Morgan fingerprint density at radius 2 is 2.09 bits per heavy atom. The molecule has 3 aromatic heterocycles. The van der Waals surface area contributed by atoms with E-state index in [9.17, 15) is 15.0 Å². The number of aryl methyl sites for hydroxylation is 1. The molecule has 1 aliphatic heterocycles. The Bertz CT molecular complexity index is 1350. The number of hydrogen-bond acceptors (Lipinski definition) is 7. The minimum atomic E-state index is -0.945. The minimum Gasteiger partial charge on any atom is -0.493 e. The monoisotopic (exact) mass is 473 g/mol. The van der Waals surface area contributed by atoms with Crippen molar-refractivity contribution < 1.29 is 19.7 Å². The molecular formula is C26H27N5O4. The molecule has 1 aromatic carbocycles. The van der Waals surface area contributed by atoms with E-state index in [-0.39, 0.29) is 13.0 Å². The van der Waals surface area contributed by atoms with Crippen LogP contribution in [0.3, 0.4) is 0 Å². The minimum absolute atomic E-state index is 0.158. The van der Waals surface area contributed by atoms with Gasteiger partial charge in [0, 0.05) is 36.4 Å². The topological polar surface area (TPSA) is 122 Å². The fourth-order valence-corrected chi connectivity index (χ4v) is 4.45. The van der Waals surface area contributed by atoms with E-state index in [2.05, 4.69) is 21.5 Å². The number of nitrogens with one attached hydrogen (secondary N) is 1. The number of aromatic nitrogens is 4. The fraction of sp³-hybridized carbons (Fsp3) is 0.308. The van der Waals surface area contributed by atoms with Crippen LogP contribution in [0.25, 0.3) is 10.9 Å². The van der Waals surface area contributed by atoms with E-state index in [1.165, 1.54) is 0 Å². The molecule has 9 heteroatoms. The molecule has 4 aromatic rings. The first kappa shape index (κ1) is 22.8. The molecule has 5 rings (SSSR count). The number of benzene rings is 1. The van der Waals surface area contributed by atoms with Gasteiger partial charge in [0.25, 0.3) is 0 Å². The summed E-state index contributed by atoms with van der Waals surface area (Å²) in [5, 5.41) is 27.7. The zero-order valence-corrected chi connectivity index (χ0v) is 19.2. The van der Waals surface area contributed by atoms with Crippen molar-refractivity contribution in [3.05, 3.63) is 77.5 Å². The number of ether oxygens (including phenoxy) is 1. The average molecular weight is 474 g/mol. The molecule has 0 amide bonds. The highest BCUT2D eigenvalue weighted by molar-refractivity contribution is 5.81. The van der Waals surface area contributed by atoms with Crippen LogP contribution >= 0.6 is 0 Å². The molecule has 0 aliphatic carbocycles. The summed E-state index contributed by atoms with van der Waals surface area (Å²) in [5.41, 5.74) is 5.35. The number of rotatable bonds is 9.